The van der Waals surface area contributed by atoms with E-state index < -0.39 is 0 Å². The summed E-state index contributed by atoms with van der Waals surface area (Å²) in [7, 11) is 1.67. The lowest BCUT2D eigenvalue weighted by Crippen LogP contribution is -2.18. The lowest BCUT2D eigenvalue weighted by molar-refractivity contribution is 0.197. The van der Waals surface area contributed by atoms with Gasteiger partial charge >= 0.3 is 0 Å². The monoisotopic (exact) mass is 275 g/mol. The predicted molar refractivity (Wildman–Crippen MR) is 72.5 cm³/mol. The Balaban J connectivity index is 1.67. The number of ether oxygens (including phenoxy) is 2. The van der Waals surface area contributed by atoms with Gasteiger partial charge in [-0.3, -0.25) is 0 Å². The van der Waals surface area contributed by atoms with Crippen LogP contribution in [0.2, 0.25) is 0 Å². The smallest absolute Gasteiger partial charge is 0.240 e. The molecule has 0 aliphatic carbocycles. The Hall–Kier alpha value is -1.92. The molecule has 6 nitrogen and oxygen atoms in total. The van der Waals surface area contributed by atoms with E-state index in [-0.39, 0.29) is 0 Å². The van der Waals surface area contributed by atoms with Crippen LogP contribution in [0.5, 0.6) is 5.75 Å². The number of nitrogens with zero attached hydrogens (tertiary/aromatic N) is 2. The van der Waals surface area contributed by atoms with Crippen molar-refractivity contribution in [2.24, 2.45) is 0 Å². The van der Waals surface area contributed by atoms with Crippen LogP contribution in [0.4, 0.5) is 0 Å². The maximum absolute atomic E-state index is 5.48. The summed E-state index contributed by atoms with van der Waals surface area (Å²) in [6.07, 6.45) is 0.937. The molecule has 106 valence electrons. The van der Waals surface area contributed by atoms with Crippen molar-refractivity contribution in [3.05, 3.63) is 29.7 Å². The van der Waals surface area contributed by atoms with Gasteiger partial charge in [-0.25, -0.2) is 0 Å². The van der Waals surface area contributed by atoms with Crippen molar-refractivity contribution in [1.82, 2.24) is 15.5 Å². The zero-order chi connectivity index (χ0) is 13.8. The summed E-state index contributed by atoms with van der Waals surface area (Å²) >= 11 is 0. The van der Waals surface area contributed by atoms with E-state index in [1.807, 2.05) is 12.1 Å². The number of aromatic nitrogens is 2. The first-order valence-corrected chi connectivity index (χ1v) is 6.65. The fraction of sp³-hybridized carbons (Fsp3) is 0.429. The van der Waals surface area contributed by atoms with E-state index in [2.05, 4.69) is 21.5 Å². The lowest BCUT2D eigenvalue weighted by atomic mass is 10.1. The topological polar surface area (TPSA) is 69.4 Å². The van der Waals surface area contributed by atoms with Crippen molar-refractivity contribution in [2.45, 2.75) is 13.0 Å². The molecule has 20 heavy (non-hydrogen) atoms. The molecule has 2 heterocycles. The van der Waals surface area contributed by atoms with Crippen molar-refractivity contribution in [3.8, 4) is 17.1 Å². The van der Waals surface area contributed by atoms with Crippen LogP contribution in [0.3, 0.4) is 0 Å². The van der Waals surface area contributed by atoms with E-state index in [4.69, 9.17) is 14.0 Å². The number of nitrogens with one attached hydrogen (secondary N) is 1. The average molecular weight is 275 g/mol. The van der Waals surface area contributed by atoms with Crippen LogP contribution in [-0.2, 0) is 17.7 Å². The highest BCUT2D eigenvalue weighted by Crippen LogP contribution is 2.29. The second-order valence-electron chi connectivity index (χ2n) is 4.60. The SMILES string of the molecule is COCCNCc1nc(-c2ccc3c(c2)CCO3)no1. The highest BCUT2D eigenvalue weighted by molar-refractivity contribution is 5.59. The van der Waals surface area contributed by atoms with Crippen LogP contribution >= 0.6 is 0 Å². The molecule has 1 aromatic heterocycles. The zero-order valence-electron chi connectivity index (χ0n) is 11.4. The van der Waals surface area contributed by atoms with Crippen LogP contribution in [-0.4, -0.2) is 37.0 Å². The highest BCUT2D eigenvalue weighted by Gasteiger charge is 2.15. The van der Waals surface area contributed by atoms with Crippen molar-refractivity contribution in [2.75, 3.05) is 26.9 Å². The Morgan fingerprint density at radius 2 is 2.35 bits per heavy atom. The third-order valence-electron chi connectivity index (χ3n) is 3.17. The third kappa shape index (κ3) is 2.81. The molecule has 0 atom stereocenters. The van der Waals surface area contributed by atoms with Crippen LogP contribution < -0.4 is 10.1 Å². The maximum Gasteiger partial charge on any atom is 0.240 e. The molecule has 0 amide bonds. The molecule has 6 heteroatoms. The Kier molecular flexibility index (Phi) is 3.94. The number of rotatable bonds is 6. The molecule has 1 aromatic carbocycles. The summed E-state index contributed by atoms with van der Waals surface area (Å²) in [5, 5.41) is 7.18. The minimum absolute atomic E-state index is 0.546. The highest BCUT2D eigenvalue weighted by atomic mass is 16.5. The molecule has 0 saturated heterocycles. The summed E-state index contributed by atoms with van der Waals surface area (Å²) in [5.41, 5.74) is 2.16. The Morgan fingerprint density at radius 3 is 3.25 bits per heavy atom. The quantitative estimate of drug-likeness (QED) is 0.804. The number of fused-ring (bicyclic) bond motifs is 1. The molecular weight excluding hydrogens is 258 g/mol. The van der Waals surface area contributed by atoms with Gasteiger partial charge in [0.25, 0.3) is 0 Å². The van der Waals surface area contributed by atoms with Crippen LogP contribution in [0.15, 0.2) is 22.7 Å². The first kappa shape index (κ1) is 13.1. The van der Waals surface area contributed by atoms with Gasteiger partial charge in [-0.1, -0.05) is 5.16 Å². The predicted octanol–water partition coefficient (Wildman–Crippen LogP) is 1.41. The minimum Gasteiger partial charge on any atom is -0.493 e. The van der Waals surface area contributed by atoms with Gasteiger partial charge in [0.15, 0.2) is 0 Å². The fourth-order valence-corrected chi connectivity index (χ4v) is 2.14. The largest absolute Gasteiger partial charge is 0.493 e. The van der Waals surface area contributed by atoms with Gasteiger partial charge in [0, 0.05) is 25.6 Å². The summed E-state index contributed by atoms with van der Waals surface area (Å²) in [6.45, 7) is 2.71. The first-order valence-electron chi connectivity index (χ1n) is 6.65. The molecule has 3 rings (SSSR count). The van der Waals surface area contributed by atoms with Gasteiger partial charge < -0.3 is 19.3 Å². The zero-order valence-corrected chi connectivity index (χ0v) is 11.4. The number of benzene rings is 1. The molecule has 2 aromatic rings. The van der Waals surface area contributed by atoms with E-state index in [0.29, 0.717) is 24.9 Å². The van der Waals surface area contributed by atoms with Crippen LogP contribution in [0.1, 0.15) is 11.5 Å². The van der Waals surface area contributed by atoms with Gasteiger partial charge in [0.1, 0.15) is 5.75 Å². The molecule has 0 saturated carbocycles. The van der Waals surface area contributed by atoms with Gasteiger partial charge in [-0.05, 0) is 23.8 Å². The van der Waals surface area contributed by atoms with Crippen molar-refractivity contribution in [1.29, 1.82) is 0 Å². The van der Waals surface area contributed by atoms with Gasteiger partial charge in [0.2, 0.25) is 11.7 Å². The molecule has 0 unspecified atom stereocenters. The average Bonchev–Trinajstić information content (AvgIpc) is 3.11. The van der Waals surface area contributed by atoms with Gasteiger partial charge in [0.05, 0.1) is 19.8 Å². The Bertz CT molecular complexity index is 583. The van der Waals surface area contributed by atoms with Gasteiger partial charge in [-0.2, -0.15) is 4.98 Å². The Morgan fingerprint density at radius 1 is 1.40 bits per heavy atom. The molecule has 0 bridgehead atoms. The summed E-state index contributed by atoms with van der Waals surface area (Å²) in [6, 6.07) is 5.98. The summed E-state index contributed by atoms with van der Waals surface area (Å²) in [4.78, 5) is 4.38. The second kappa shape index (κ2) is 6.02. The van der Waals surface area contributed by atoms with E-state index in [0.717, 1.165) is 30.9 Å². The molecule has 1 aliphatic heterocycles. The molecular formula is C14H17N3O3. The summed E-state index contributed by atoms with van der Waals surface area (Å²) in [5.74, 6) is 2.15. The second-order valence-corrected chi connectivity index (χ2v) is 4.60. The first-order chi connectivity index (χ1) is 9.86. The van der Waals surface area contributed by atoms with E-state index in [9.17, 15) is 0 Å². The normalized spacial score (nSPS) is 13.2. The third-order valence-corrected chi connectivity index (χ3v) is 3.17. The number of hydrogen-bond acceptors (Lipinski definition) is 6. The Labute approximate surface area is 117 Å². The lowest BCUT2D eigenvalue weighted by Gasteiger charge is -2.00. The summed E-state index contributed by atoms with van der Waals surface area (Å²) < 4.78 is 15.7. The number of methoxy groups -OCH3 is 1. The van der Waals surface area contributed by atoms with E-state index >= 15 is 0 Å². The molecule has 0 spiro atoms. The molecule has 0 fully saturated rings. The van der Waals surface area contributed by atoms with Crippen molar-refractivity contribution < 1.29 is 14.0 Å². The van der Waals surface area contributed by atoms with E-state index in [1.54, 1.807) is 7.11 Å². The molecule has 1 N–H and O–H groups in total. The van der Waals surface area contributed by atoms with E-state index in [1.165, 1.54) is 5.56 Å². The molecule has 0 radical (unpaired) electrons. The minimum atomic E-state index is 0.546. The van der Waals surface area contributed by atoms with Crippen LogP contribution in [0, 0.1) is 0 Å². The van der Waals surface area contributed by atoms with Crippen molar-refractivity contribution in [3.63, 3.8) is 0 Å². The molecule has 1 aliphatic rings. The van der Waals surface area contributed by atoms with Gasteiger partial charge in [-0.15, -0.1) is 0 Å². The maximum atomic E-state index is 5.48. The van der Waals surface area contributed by atoms with Crippen molar-refractivity contribution >= 4 is 0 Å². The fourth-order valence-electron chi connectivity index (χ4n) is 2.14. The van der Waals surface area contributed by atoms with Crippen LogP contribution in [0.25, 0.3) is 11.4 Å². The number of hydrogen-bond donors (Lipinski definition) is 1. The standard InChI is InChI=1S/C14H17N3O3/c1-18-7-5-15-9-13-16-14(17-20-13)11-2-3-12-10(8-11)4-6-19-12/h2-3,8,15H,4-7,9H2,1H3.